The van der Waals surface area contributed by atoms with E-state index in [1.54, 1.807) is 12.1 Å². The molecule has 0 saturated carbocycles. The van der Waals surface area contributed by atoms with Crippen LogP contribution in [0, 0.1) is 5.82 Å². The number of nitrogens with one attached hydrogen (secondary N) is 1. The zero-order valence-electron chi connectivity index (χ0n) is 11.8. The number of hydrogen-bond donors (Lipinski definition) is 1. The zero-order valence-corrected chi connectivity index (χ0v) is 11.8. The van der Waals surface area contributed by atoms with Crippen LogP contribution in [-0.4, -0.2) is 24.0 Å². The summed E-state index contributed by atoms with van der Waals surface area (Å²) in [6.07, 6.45) is 2.39. The maximum Gasteiger partial charge on any atom is 0.331 e. The highest BCUT2D eigenvalue weighted by Gasteiger charge is 2.14. The van der Waals surface area contributed by atoms with Gasteiger partial charge in [-0.15, -0.1) is 0 Å². The summed E-state index contributed by atoms with van der Waals surface area (Å²) >= 11 is 0. The van der Waals surface area contributed by atoms with Gasteiger partial charge in [-0.2, -0.15) is 0 Å². The molecule has 0 aliphatic heterocycles. The molecule has 1 aromatic rings. The van der Waals surface area contributed by atoms with Crippen molar-refractivity contribution < 1.29 is 18.7 Å². The predicted octanol–water partition coefficient (Wildman–Crippen LogP) is 2.30. The fraction of sp³-hybridized carbons (Fsp3) is 0.333. The molecule has 0 fully saturated rings. The number of benzene rings is 1. The van der Waals surface area contributed by atoms with Crippen molar-refractivity contribution >= 4 is 18.0 Å². The highest BCUT2D eigenvalue weighted by atomic mass is 19.1. The number of ether oxygens (including phenoxy) is 1. The smallest absolute Gasteiger partial charge is 0.331 e. The molecule has 0 aromatic heterocycles. The zero-order chi connectivity index (χ0) is 15.2. The molecule has 0 bridgehead atoms. The highest BCUT2D eigenvalue weighted by molar-refractivity contribution is 5.89. The molecule has 20 heavy (non-hydrogen) atoms. The summed E-state index contributed by atoms with van der Waals surface area (Å²) in [5.41, 5.74) is -0.101. The first-order chi connectivity index (χ1) is 9.28. The molecule has 0 spiro atoms. The van der Waals surface area contributed by atoms with Gasteiger partial charge >= 0.3 is 5.97 Å². The average molecular weight is 279 g/mol. The molecule has 0 atom stereocenters. The Labute approximate surface area is 117 Å². The Morgan fingerprint density at radius 1 is 1.30 bits per heavy atom. The minimum absolute atomic E-state index is 0.281. The van der Waals surface area contributed by atoms with E-state index < -0.39 is 11.8 Å². The molecular weight excluding hydrogens is 261 g/mol. The Morgan fingerprint density at radius 2 is 1.95 bits per heavy atom. The molecule has 0 unspecified atom stereocenters. The molecule has 0 saturated heterocycles. The third kappa shape index (κ3) is 6.13. The first-order valence-corrected chi connectivity index (χ1v) is 6.18. The summed E-state index contributed by atoms with van der Waals surface area (Å²) in [4.78, 5) is 22.8. The van der Waals surface area contributed by atoms with Crippen LogP contribution in [0.15, 0.2) is 30.3 Å². The van der Waals surface area contributed by atoms with Gasteiger partial charge in [-0.1, -0.05) is 18.2 Å². The van der Waals surface area contributed by atoms with Gasteiger partial charge in [-0.05, 0) is 32.9 Å². The molecule has 0 aliphatic carbocycles. The molecule has 1 amide bonds. The minimum Gasteiger partial charge on any atom is -0.452 e. The van der Waals surface area contributed by atoms with Crippen LogP contribution in [0.3, 0.4) is 0 Å². The average Bonchev–Trinajstić information content (AvgIpc) is 2.33. The lowest BCUT2D eigenvalue weighted by molar-refractivity contribution is -0.144. The third-order valence-electron chi connectivity index (χ3n) is 2.16. The Kier molecular flexibility index (Phi) is 5.43. The molecule has 1 N–H and O–H groups in total. The van der Waals surface area contributed by atoms with Crippen LogP contribution in [0.4, 0.5) is 4.39 Å². The van der Waals surface area contributed by atoms with E-state index in [0.29, 0.717) is 0 Å². The van der Waals surface area contributed by atoms with Crippen molar-refractivity contribution in [3.8, 4) is 0 Å². The number of esters is 1. The van der Waals surface area contributed by atoms with Gasteiger partial charge in [0.05, 0.1) is 0 Å². The van der Waals surface area contributed by atoms with Crippen LogP contribution in [-0.2, 0) is 14.3 Å². The molecule has 108 valence electrons. The predicted molar refractivity (Wildman–Crippen MR) is 74.3 cm³/mol. The quantitative estimate of drug-likeness (QED) is 0.679. The normalized spacial score (nSPS) is 11.4. The molecule has 0 aliphatic rings. The van der Waals surface area contributed by atoms with Gasteiger partial charge < -0.3 is 10.1 Å². The van der Waals surface area contributed by atoms with Crippen LogP contribution in [0.25, 0.3) is 6.08 Å². The maximum atomic E-state index is 13.3. The summed E-state index contributed by atoms with van der Waals surface area (Å²) < 4.78 is 18.0. The van der Waals surface area contributed by atoms with E-state index in [1.807, 2.05) is 20.8 Å². The molecule has 1 aromatic carbocycles. The maximum absolute atomic E-state index is 13.3. The van der Waals surface area contributed by atoms with E-state index in [4.69, 9.17) is 4.74 Å². The minimum atomic E-state index is -0.697. The molecule has 1 rings (SSSR count). The first kappa shape index (κ1) is 15.9. The fourth-order valence-electron chi connectivity index (χ4n) is 1.41. The fourth-order valence-corrected chi connectivity index (χ4v) is 1.41. The monoisotopic (exact) mass is 279 g/mol. The van der Waals surface area contributed by atoms with Gasteiger partial charge in [-0.25, -0.2) is 9.18 Å². The van der Waals surface area contributed by atoms with Crippen LogP contribution in [0.1, 0.15) is 26.3 Å². The lowest BCUT2D eigenvalue weighted by Crippen LogP contribution is -2.42. The molecule has 5 heteroatoms. The van der Waals surface area contributed by atoms with Gasteiger partial charge in [0.25, 0.3) is 5.91 Å². The van der Waals surface area contributed by atoms with Gasteiger partial charge in [0.1, 0.15) is 5.82 Å². The van der Waals surface area contributed by atoms with E-state index in [-0.39, 0.29) is 23.6 Å². The van der Waals surface area contributed by atoms with Crippen molar-refractivity contribution in [2.24, 2.45) is 0 Å². The van der Waals surface area contributed by atoms with Crippen molar-refractivity contribution in [1.82, 2.24) is 5.32 Å². The largest absolute Gasteiger partial charge is 0.452 e. The van der Waals surface area contributed by atoms with Crippen molar-refractivity contribution in [2.45, 2.75) is 26.3 Å². The number of halogens is 1. The van der Waals surface area contributed by atoms with E-state index >= 15 is 0 Å². The second kappa shape index (κ2) is 6.84. The SMILES string of the molecule is CC(C)(C)NC(=O)COC(=O)/C=C/c1ccccc1F. The number of hydrogen-bond acceptors (Lipinski definition) is 3. The van der Waals surface area contributed by atoms with Crippen LogP contribution in [0.5, 0.6) is 0 Å². The Hall–Kier alpha value is -2.17. The van der Waals surface area contributed by atoms with E-state index in [1.165, 1.54) is 18.2 Å². The second-order valence-electron chi connectivity index (χ2n) is 5.26. The highest BCUT2D eigenvalue weighted by Crippen LogP contribution is 2.08. The summed E-state index contributed by atoms with van der Waals surface area (Å²) in [5.74, 6) is -1.51. The number of rotatable bonds is 4. The van der Waals surface area contributed by atoms with E-state index in [2.05, 4.69) is 5.32 Å². The molecule has 0 radical (unpaired) electrons. The van der Waals surface area contributed by atoms with Crippen LogP contribution in [0.2, 0.25) is 0 Å². The van der Waals surface area contributed by atoms with Gasteiger partial charge in [0.15, 0.2) is 6.61 Å². The summed E-state index contributed by atoms with van der Waals surface area (Å²) in [5, 5.41) is 2.66. The lowest BCUT2D eigenvalue weighted by Gasteiger charge is -2.20. The topological polar surface area (TPSA) is 55.4 Å². The van der Waals surface area contributed by atoms with Crippen molar-refractivity contribution in [3.63, 3.8) is 0 Å². The van der Waals surface area contributed by atoms with E-state index in [0.717, 1.165) is 6.08 Å². The summed E-state index contributed by atoms with van der Waals surface area (Å²) in [7, 11) is 0. The van der Waals surface area contributed by atoms with Crippen molar-refractivity contribution in [1.29, 1.82) is 0 Å². The lowest BCUT2D eigenvalue weighted by atomic mass is 10.1. The Bertz CT molecular complexity index is 518. The van der Waals surface area contributed by atoms with Gasteiger partial charge in [0.2, 0.25) is 0 Å². The third-order valence-corrected chi connectivity index (χ3v) is 2.16. The van der Waals surface area contributed by atoms with Crippen molar-refractivity contribution in [2.75, 3.05) is 6.61 Å². The number of carbonyl (C=O) groups is 2. The number of carbonyl (C=O) groups excluding carboxylic acids is 2. The number of amides is 1. The summed E-state index contributed by atoms with van der Waals surface area (Å²) in [6.45, 7) is 5.11. The van der Waals surface area contributed by atoms with Crippen LogP contribution < -0.4 is 5.32 Å². The van der Waals surface area contributed by atoms with Gasteiger partial charge in [0, 0.05) is 17.2 Å². The standard InChI is InChI=1S/C15H18FNO3/c1-15(2,3)17-13(18)10-20-14(19)9-8-11-6-4-5-7-12(11)16/h4-9H,10H2,1-3H3,(H,17,18)/b9-8+. The second-order valence-corrected chi connectivity index (χ2v) is 5.26. The molecule has 4 nitrogen and oxygen atoms in total. The first-order valence-electron chi connectivity index (χ1n) is 6.18. The summed E-state index contributed by atoms with van der Waals surface area (Å²) in [6, 6.07) is 6.04. The Morgan fingerprint density at radius 3 is 2.55 bits per heavy atom. The molecular formula is C15H18FNO3. The molecule has 0 heterocycles. The van der Waals surface area contributed by atoms with Crippen molar-refractivity contribution in [3.05, 3.63) is 41.7 Å². The Balaban J connectivity index is 2.45. The van der Waals surface area contributed by atoms with E-state index in [9.17, 15) is 14.0 Å². The van der Waals surface area contributed by atoms with Crippen LogP contribution >= 0.6 is 0 Å². The van der Waals surface area contributed by atoms with Gasteiger partial charge in [-0.3, -0.25) is 4.79 Å².